The smallest absolute Gasteiger partial charge is 0.217 e. The van der Waals surface area contributed by atoms with Crippen molar-refractivity contribution in [2.45, 2.75) is 13.3 Å². The number of carbonyl (C=O) groups excluding carboxylic acids is 1. The molecule has 4 heteroatoms. The van der Waals surface area contributed by atoms with Crippen LogP contribution >= 0.6 is 0 Å². The minimum Gasteiger partial charge on any atom is -0.348 e. The van der Waals surface area contributed by atoms with Crippen molar-refractivity contribution in [3.8, 4) is 11.8 Å². The third kappa shape index (κ3) is 3.97. The van der Waals surface area contributed by atoms with Crippen molar-refractivity contribution >= 4 is 5.91 Å². The van der Waals surface area contributed by atoms with Gasteiger partial charge in [-0.1, -0.05) is 11.8 Å². The normalized spacial score (nSPS) is 8.69. The summed E-state index contributed by atoms with van der Waals surface area (Å²) in [5.41, 5.74) is 0. The van der Waals surface area contributed by atoms with Gasteiger partial charge in [0.15, 0.2) is 0 Å². The Labute approximate surface area is 76.8 Å². The Balaban J connectivity index is 2.22. The molecule has 1 heterocycles. The first-order valence-corrected chi connectivity index (χ1v) is 3.97. The predicted octanol–water partition coefficient (Wildman–Crippen LogP) is 0.0917. The fourth-order valence-corrected chi connectivity index (χ4v) is 0.772. The quantitative estimate of drug-likeness (QED) is 0.629. The van der Waals surface area contributed by atoms with Gasteiger partial charge in [-0.3, -0.25) is 4.79 Å². The van der Waals surface area contributed by atoms with E-state index in [4.69, 9.17) is 0 Å². The molecule has 1 aromatic heterocycles. The van der Waals surface area contributed by atoms with Crippen LogP contribution in [0, 0.1) is 11.8 Å². The molecule has 0 aliphatic rings. The van der Waals surface area contributed by atoms with Gasteiger partial charge in [0.25, 0.3) is 0 Å². The van der Waals surface area contributed by atoms with Crippen LogP contribution < -0.4 is 5.32 Å². The van der Waals surface area contributed by atoms with E-state index in [0.29, 0.717) is 13.0 Å². The van der Waals surface area contributed by atoms with Gasteiger partial charge >= 0.3 is 0 Å². The molecule has 1 aromatic rings. The fraction of sp³-hybridized carbons (Fsp3) is 0.333. The van der Waals surface area contributed by atoms with E-state index in [0.717, 1.165) is 5.82 Å². The van der Waals surface area contributed by atoms with Crippen LogP contribution in [0.2, 0.25) is 0 Å². The van der Waals surface area contributed by atoms with Gasteiger partial charge in [0.2, 0.25) is 5.91 Å². The Kier molecular flexibility index (Phi) is 3.58. The molecule has 0 saturated carbocycles. The third-order valence-electron chi connectivity index (χ3n) is 1.36. The highest BCUT2D eigenvalue weighted by Gasteiger charge is 1.88. The Morgan fingerprint density at radius 3 is 3.15 bits per heavy atom. The van der Waals surface area contributed by atoms with Gasteiger partial charge in [0.1, 0.15) is 5.82 Å². The van der Waals surface area contributed by atoms with Crippen LogP contribution in [0.15, 0.2) is 12.4 Å². The predicted molar refractivity (Wildman–Crippen MR) is 48.8 cm³/mol. The molecule has 0 bridgehead atoms. The van der Waals surface area contributed by atoms with Crippen molar-refractivity contribution in [2.75, 3.05) is 6.54 Å². The zero-order chi connectivity index (χ0) is 9.52. The first-order chi connectivity index (χ1) is 6.29. The number of nitrogens with zero attached hydrogens (tertiary/aromatic N) is 1. The molecule has 0 aliphatic carbocycles. The van der Waals surface area contributed by atoms with Gasteiger partial charge in [0.05, 0.1) is 13.0 Å². The van der Waals surface area contributed by atoms with E-state index in [2.05, 4.69) is 27.1 Å². The van der Waals surface area contributed by atoms with Gasteiger partial charge in [-0.2, -0.15) is 0 Å². The number of rotatable bonds is 2. The van der Waals surface area contributed by atoms with E-state index < -0.39 is 0 Å². The van der Waals surface area contributed by atoms with Crippen LogP contribution in [-0.2, 0) is 11.2 Å². The molecule has 13 heavy (non-hydrogen) atoms. The zero-order valence-electron chi connectivity index (χ0n) is 7.42. The Morgan fingerprint density at radius 1 is 1.69 bits per heavy atom. The number of amides is 1. The number of nitrogens with one attached hydrogen (secondary N) is 2. The summed E-state index contributed by atoms with van der Waals surface area (Å²) in [6, 6.07) is 0. The molecule has 0 spiro atoms. The molecule has 0 atom stereocenters. The number of hydrogen-bond donors (Lipinski definition) is 2. The lowest BCUT2D eigenvalue weighted by Gasteiger charge is -1.90. The molecule has 0 fully saturated rings. The molecule has 2 N–H and O–H groups in total. The van der Waals surface area contributed by atoms with Gasteiger partial charge in [-0.05, 0) is 0 Å². The summed E-state index contributed by atoms with van der Waals surface area (Å²) >= 11 is 0. The van der Waals surface area contributed by atoms with Crippen LogP contribution in [0.1, 0.15) is 12.7 Å². The highest BCUT2D eigenvalue weighted by Crippen LogP contribution is 1.86. The molecule has 68 valence electrons. The first-order valence-electron chi connectivity index (χ1n) is 3.97. The van der Waals surface area contributed by atoms with Crippen molar-refractivity contribution < 1.29 is 4.79 Å². The van der Waals surface area contributed by atoms with Gasteiger partial charge in [0, 0.05) is 19.3 Å². The lowest BCUT2D eigenvalue weighted by molar-refractivity contribution is -0.118. The van der Waals surface area contributed by atoms with Crippen molar-refractivity contribution in [3.05, 3.63) is 18.2 Å². The van der Waals surface area contributed by atoms with Crippen LogP contribution in [-0.4, -0.2) is 22.4 Å². The van der Waals surface area contributed by atoms with Crippen LogP contribution in [0.25, 0.3) is 0 Å². The van der Waals surface area contributed by atoms with Gasteiger partial charge < -0.3 is 10.3 Å². The molecule has 1 amide bonds. The molecule has 0 aromatic carbocycles. The molecule has 0 radical (unpaired) electrons. The van der Waals surface area contributed by atoms with E-state index in [1.165, 1.54) is 6.92 Å². The summed E-state index contributed by atoms with van der Waals surface area (Å²) in [7, 11) is 0. The highest BCUT2D eigenvalue weighted by atomic mass is 16.1. The average Bonchev–Trinajstić information content (AvgIpc) is 2.55. The second kappa shape index (κ2) is 4.99. The van der Waals surface area contributed by atoms with Gasteiger partial charge in [-0.15, -0.1) is 0 Å². The number of hydrogen-bond acceptors (Lipinski definition) is 2. The lowest BCUT2D eigenvalue weighted by atomic mass is 10.4. The second-order valence-corrected chi connectivity index (χ2v) is 2.48. The maximum absolute atomic E-state index is 10.4. The standard InChI is InChI=1S/C9H11N3O/c1-8(13)10-5-3-2-4-9-11-6-7-12-9/h6-7H,4-5H2,1H3,(H,10,13)(H,11,12). The number of imidazole rings is 1. The molecule has 0 aliphatic heterocycles. The second-order valence-electron chi connectivity index (χ2n) is 2.48. The number of aromatic amines is 1. The first kappa shape index (κ1) is 9.33. The lowest BCUT2D eigenvalue weighted by Crippen LogP contribution is -2.19. The Morgan fingerprint density at radius 2 is 2.54 bits per heavy atom. The molecule has 4 nitrogen and oxygen atoms in total. The molecular weight excluding hydrogens is 166 g/mol. The molecule has 1 rings (SSSR count). The van der Waals surface area contributed by atoms with E-state index >= 15 is 0 Å². The van der Waals surface area contributed by atoms with Crippen molar-refractivity contribution in [2.24, 2.45) is 0 Å². The Hall–Kier alpha value is -1.76. The minimum absolute atomic E-state index is 0.0627. The van der Waals surface area contributed by atoms with Gasteiger partial charge in [-0.25, -0.2) is 4.98 Å². The summed E-state index contributed by atoms with van der Waals surface area (Å²) in [5.74, 6) is 6.48. The van der Waals surface area contributed by atoms with E-state index in [-0.39, 0.29) is 5.91 Å². The average molecular weight is 177 g/mol. The highest BCUT2D eigenvalue weighted by molar-refractivity contribution is 5.73. The monoisotopic (exact) mass is 177 g/mol. The molecular formula is C9H11N3O. The summed E-state index contributed by atoms with van der Waals surface area (Å²) in [4.78, 5) is 17.4. The summed E-state index contributed by atoms with van der Waals surface area (Å²) in [5, 5.41) is 2.58. The van der Waals surface area contributed by atoms with E-state index in [9.17, 15) is 4.79 Å². The largest absolute Gasteiger partial charge is 0.348 e. The summed E-state index contributed by atoms with van der Waals surface area (Å²) < 4.78 is 0. The van der Waals surface area contributed by atoms with Crippen molar-refractivity contribution in [1.29, 1.82) is 0 Å². The zero-order valence-corrected chi connectivity index (χ0v) is 7.42. The molecule has 0 unspecified atom stereocenters. The minimum atomic E-state index is -0.0627. The van der Waals surface area contributed by atoms with Crippen LogP contribution in [0.3, 0.4) is 0 Å². The number of aromatic nitrogens is 2. The summed E-state index contributed by atoms with van der Waals surface area (Å²) in [6.45, 7) is 1.87. The van der Waals surface area contributed by atoms with E-state index in [1.807, 2.05) is 0 Å². The fourth-order valence-electron chi connectivity index (χ4n) is 0.772. The van der Waals surface area contributed by atoms with Crippen LogP contribution in [0.4, 0.5) is 0 Å². The topological polar surface area (TPSA) is 57.8 Å². The Bertz CT molecular complexity index is 318. The maximum Gasteiger partial charge on any atom is 0.217 e. The SMILES string of the molecule is CC(=O)NCC#CCc1ncc[nH]1. The van der Waals surface area contributed by atoms with Crippen LogP contribution in [0.5, 0.6) is 0 Å². The van der Waals surface area contributed by atoms with Crippen molar-refractivity contribution in [1.82, 2.24) is 15.3 Å². The summed E-state index contributed by atoms with van der Waals surface area (Å²) in [6.07, 6.45) is 4.03. The third-order valence-corrected chi connectivity index (χ3v) is 1.36. The number of H-pyrrole nitrogens is 1. The maximum atomic E-state index is 10.4. The van der Waals surface area contributed by atoms with E-state index in [1.54, 1.807) is 12.4 Å². The number of carbonyl (C=O) groups is 1. The van der Waals surface area contributed by atoms with Crippen molar-refractivity contribution in [3.63, 3.8) is 0 Å². The molecule has 0 saturated heterocycles.